The molecule has 20 heavy (non-hydrogen) atoms. The molecule has 1 aromatic heterocycles. The predicted octanol–water partition coefficient (Wildman–Crippen LogP) is 2.80. The first-order valence-corrected chi connectivity index (χ1v) is 6.11. The largest absolute Gasteiger partial charge is 0.508 e. The third-order valence-electron chi connectivity index (χ3n) is 3.51. The van der Waals surface area contributed by atoms with Crippen LogP contribution in [0.25, 0.3) is 22.1 Å². The van der Waals surface area contributed by atoms with Gasteiger partial charge in [-0.25, -0.2) is 14.8 Å². The smallest absolute Gasteiger partial charge is 0.335 e. The van der Waals surface area contributed by atoms with Gasteiger partial charge in [-0.3, -0.25) is 0 Å². The van der Waals surface area contributed by atoms with Gasteiger partial charge in [0.05, 0.1) is 27.6 Å². The summed E-state index contributed by atoms with van der Waals surface area (Å²) in [5.74, 6) is -0.807. The van der Waals surface area contributed by atoms with E-state index in [2.05, 4.69) is 9.97 Å². The van der Waals surface area contributed by atoms with E-state index in [4.69, 9.17) is 5.11 Å². The van der Waals surface area contributed by atoms with E-state index >= 15 is 0 Å². The molecule has 5 heteroatoms. The van der Waals surface area contributed by atoms with E-state index in [1.807, 2.05) is 13.8 Å². The van der Waals surface area contributed by atoms with Gasteiger partial charge in [0.25, 0.3) is 0 Å². The molecule has 0 saturated heterocycles. The fourth-order valence-electron chi connectivity index (χ4n) is 2.19. The molecule has 0 radical (unpaired) electrons. The average Bonchev–Trinajstić information content (AvgIpc) is 2.43. The molecule has 100 valence electrons. The van der Waals surface area contributed by atoms with Crippen molar-refractivity contribution in [1.29, 1.82) is 0 Å². The van der Waals surface area contributed by atoms with Crippen LogP contribution < -0.4 is 0 Å². The second-order valence-electron chi connectivity index (χ2n) is 4.75. The van der Waals surface area contributed by atoms with Gasteiger partial charge < -0.3 is 10.2 Å². The Bertz CT molecular complexity index is 872. The molecule has 0 fully saturated rings. The van der Waals surface area contributed by atoms with E-state index < -0.39 is 5.97 Å². The van der Waals surface area contributed by atoms with E-state index in [-0.39, 0.29) is 11.3 Å². The molecule has 2 aromatic carbocycles. The van der Waals surface area contributed by atoms with Crippen LogP contribution in [0.5, 0.6) is 5.75 Å². The van der Waals surface area contributed by atoms with Gasteiger partial charge >= 0.3 is 5.97 Å². The van der Waals surface area contributed by atoms with Gasteiger partial charge in [-0.1, -0.05) is 0 Å². The summed E-state index contributed by atoms with van der Waals surface area (Å²) in [6, 6.07) is 6.20. The van der Waals surface area contributed by atoms with Crippen molar-refractivity contribution in [2.24, 2.45) is 0 Å². The van der Waals surface area contributed by atoms with Crippen LogP contribution >= 0.6 is 0 Å². The van der Waals surface area contributed by atoms with Crippen LogP contribution in [0.15, 0.2) is 24.3 Å². The lowest BCUT2D eigenvalue weighted by Crippen LogP contribution is -1.98. The van der Waals surface area contributed by atoms with Crippen LogP contribution in [-0.4, -0.2) is 26.2 Å². The van der Waals surface area contributed by atoms with Crippen molar-refractivity contribution >= 4 is 28.0 Å². The molecule has 1 heterocycles. The number of aromatic carboxylic acids is 1. The molecule has 0 unspecified atom stereocenters. The van der Waals surface area contributed by atoms with Crippen molar-refractivity contribution < 1.29 is 15.0 Å². The fraction of sp³-hybridized carbons (Fsp3) is 0.133. The predicted molar refractivity (Wildman–Crippen MR) is 75.1 cm³/mol. The van der Waals surface area contributed by atoms with Crippen molar-refractivity contribution in [2.45, 2.75) is 13.8 Å². The van der Waals surface area contributed by atoms with Crippen LogP contribution in [0.2, 0.25) is 0 Å². The van der Waals surface area contributed by atoms with E-state index in [9.17, 15) is 9.90 Å². The molecule has 0 amide bonds. The van der Waals surface area contributed by atoms with Crippen molar-refractivity contribution in [3.05, 3.63) is 41.0 Å². The Morgan fingerprint density at radius 1 is 1.00 bits per heavy atom. The van der Waals surface area contributed by atoms with Crippen LogP contribution in [-0.2, 0) is 0 Å². The zero-order valence-electron chi connectivity index (χ0n) is 11.0. The van der Waals surface area contributed by atoms with E-state index in [0.717, 1.165) is 11.1 Å². The number of nitrogens with zero attached hydrogens (tertiary/aromatic N) is 2. The van der Waals surface area contributed by atoms with E-state index in [1.165, 1.54) is 12.1 Å². The van der Waals surface area contributed by atoms with Crippen LogP contribution in [0.1, 0.15) is 21.5 Å². The highest BCUT2D eigenvalue weighted by Gasteiger charge is 2.11. The topological polar surface area (TPSA) is 83.3 Å². The van der Waals surface area contributed by atoms with Gasteiger partial charge in [-0.15, -0.1) is 0 Å². The normalized spacial score (nSPS) is 11.1. The maximum atomic E-state index is 11.0. The number of carbonyl (C=O) groups is 1. The number of hydrogen-bond donors (Lipinski definition) is 2. The number of rotatable bonds is 1. The number of carboxylic acids is 1. The number of hydrogen-bond acceptors (Lipinski definition) is 4. The van der Waals surface area contributed by atoms with Crippen molar-refractivity contribution in [1.82, 2.24) is 9.97 Å². The fourth-order valence-corrected chi connectivity index (χ4v) is 2.19. The Hall–Kier alpha value is -2.69. The van der Waals surface area contributed by atoms with Crippen LogP contribution in [0.4, 0.5) is 0 Å². The number of phenols is 1. The Morgan fingerprint density at radius 3 is 2.45 bits per heavy atom. The van der Waals surface area contributed by atoms with Gasteiger partial charge in [0, 0.05) is 6.07 Å². The molecule has 0 aliphatic carbocycles. The van der Waals surface area contributed by atoms with Gasteiger partial charge in [0.2, 0.25) is 0 Å². The van der Waals surface area contributed by atoms with Crippen molar-refractivity contribution in [2.75, 3.05) is 0 Å². The van der Waals surface area contributed by atoms with Gasteiger partial charge in [-0.2, -0.15) is 0 Å². The highest BCUT2D eigenvalue weighted by atomic mass is 16.4. The molecule has 0 bridgehead atoms. The number of aryl methyl sites for hydroxylation is 1. The molecule has 0 aliphatic rings. The van der Waals surface area contributed by atoms with Crippen LogP contribution in [0, 0.1) is 13.8 Å². The monoisotopic (exact) mass is 268 g/mol. The molecule has 5 nitrogen and oxygen atoms in total. The minimum atomic E-state index is -0.993. The molecule has 0 atom stereocenters. The van der Waals surface area contributed by atoms with Crippen LogP contribution in [0.3, 0.4) is 0 Å². The number of aromatic hydroxyl groups is 1. The first-order valence-electron chi connectivity index (χ1n) is 6.11. The second kappa shape index (κ2) is 4.16. The average molecular weight is 268 g/mol. The minimum Gasteiger partial charge on any atom is -0.508 e. The summed E-state index contributed by atoms with van der Waals surface area (Å²) < 4.78 is 0. The van der Waals surface area contributed by atoms with Gasteiger partial charge in [0.15, 0.2) is 0 Å². The molecular weight excluding hydrogens is 256 g/mol. The molecule has 0 spiro atoms. The number of fused-ring (bicyclic) bond motifs is 2. The number of phenolic OH excluding ortho intramolecular Hbond substituents is 1. The molecule has 2 N–H and O–H groups in total. The Morgan fingerprint density at radius 2 is 1.75 bits per heavy atom. The molecule has 0 saturated carbocycles. The van der Waals surface area contributed by atoms with E-state index in [0.29, 0.717) is 22.1 Å². The molecule has 0 aliphatic heterocycles. The van der Waals surface area contributed by atoms with Gasteiger partial charge in [0.1, 0.15) is 5.75 Å². The summed E-state index contributed by atoms with van der Waals surface area (Å²) in [7, 11) is 0. The molecule has 3 aromatic rings. The first-order chi connectivity index (χ1) is 9.47. The Balaban J connectivity index is 2.41. The zero-order valence-corrected chi connectivity index (χ0v) is 11.0. The summed E-state index contributed by atoms with van der Waals surface area (Å²) in [6.07, 6.45) is 0. The maximum absolute atomic E-state index is 11.0. The lowest BCUT2D eigenvalue weighted by molar-refractivity contribution is 0.0697. The van der Waals surface area contributed by atoms with Crippen molar-refractivity contribution in [3.63, 3.8) is 0 Å². The third-order valence-corrected chi connectivity index (χ3v) is 3.51. The summed E-state index contributed by atoms with van der Waals surface area (Å²) in [4.78, 5) is 19.9. The van der Waals surface area contributed by atoms with Gasteiger partial charge in [-0.05, 0) is 43.2 Å². The highest BCUT2D eigenvalue weighted by molar-refractivity contribution is 5.95. The minimum absolute atomic E-state index is 0.180. The SMILES string of the molecule is Cc1c(O)cc2nc3ccc(C(=O)O)cc3nc2c1C. The first kappa shape index (κ1) is 12.3. The summed E-state index contributed by atoms with van der Waals surface area (Å²) >= 11 is 0. The Labute approximate surface area is 114 Å². The summed E-state index contributed by atoms with van der Waals surface area (Å²) in [6.45, 7) is 3.67. The third kappa shape index (κ3) is 1.75. The second-order valence-corrected chi connectivity index (χ2v) is 4.75. The number of aromatic nitrogens is 2. The van der Waals surface area contributed by atoms with Crippen molar-refractivity contribution in [3.8, 4) is 5.75 Å². The standard InChI is InChI=1S/C15H12N2O3/c1-7-8(2)14-12(6-13(7)18)16-10-4-3-9(15(19)20)5-11(10)17-14/h3-6,18H,1-2H3,(H,19,20). The maximum Gasteiger partial charge on any atom is 0.335 e. The summed E-state index contributed by atoms with van der Waals surface area (Å²) in [5, 5.41) is 18.9. The summed E-state index contributed by atoms with van der Waals surface area (Å²) in [5.41, 5.74) is 4.18. The zero-order chi connectivity index (χ0) is 14.4. The molecule has 3 rings (SSSR count). The number of benzene rings is 2. The molecular formula is C15H12N2O3. The lowest BCUT2D eigenvalue weighted by Gasteiger charge is -2.08. The Kier molecular flexibility index (Phi) is 2.57. The quantitative estimate of drug-likeness (QED) is 0.663. The lowest BCUT2D eigenvalue weighted by atomic mass is 10.1. The number of carboxylic acid groups (broad SMARTS) is 1. The highest BCUT2D eigenvalue weighted by Crippen LogP contribution is 2.28. The van der Waals surface area contributed by atoms with E-state index in [1.54, 1.807) is 12.1 Å².